The molecule has 4 heteroatoms. The Balaban J connectivity index is 1.66. The van der Waals surface area contributed by atoms with Gasteiger partial charge in [-0.3, -0.25) is 4.79 Å². The Kier molecular flexibility index (Phi) is 4.45. The van der Waals surface area contributed by atoms with Crippen molar-refractivity contribution in [3.8, 4) is 11.5 Å². The molecule has 0 aliphatic carbocycles. The van der Waals surface area contributed by atoms with Gasteiger partial charge in [-0.1, -0.05) is 18.9 Å². The number of carboxylic acids is 1. The Morgan fingerprint density at radius 3 is 2.72 bits per heavy atom. The summed E-state index contributed by atoms with van der Waals surface area (Å²) in [5, 5.41) is 8.51. The molecule has 2 rings (SSSR count). The Labute approximate surface area is 107 Å². The largest absolute Gasteiger partial charge is 0.481 e. The normalized spacial score (nSPS) is 12.7. The van der Waals surface area contributed by atoms with Crippen LogP contribution in [0.2, 0.25) is 0 Å². The molecular weight excluding hydrogens is 232 g/mol. The first-order valence-corrected chi connectivity index (χ1v) is 6.36. The first-order valence-electron chi connectivity index (χ1n) is 6.36. The Hall–Kier alpha value is -1.71. The molecule has 0 amide bonds. The van der Waals surface area contributed by atoms with Crippen LogP contribution < -0.4 is 9.47 Å². The molecule has 1 aliphatic rings. The zero-order valence-corrected chi connectivity index (χ0v) is 10.4. The number of unbranched alkanes of at least 4 members (excludes halogenated alkanes) is 3. The highest BCUT2D eigenvalue weighted by Crippen LogP contribution is 2.32. The number of fused-ring (bicyclic) bond motifs is 1. The number of carboxylic acid groups (broad SMARTS) is 1. The molecule has 0 fully saturated rings. The summed E-state index contributed by atoms with van der Waals surface area (Å²) in [7, 11) is 0. The third kappa shape index (κ3) is 3.65. The lowest BCUT2D eigenvalue weighted by atomic mass is 10.0. The van der Waals surface area contributed by atoms with E-state index in [1.54, 1.807) is 0 Å². The van der Waals surface area contributed by atoms with Crippen LogP contribution in [0.15, 0.2) is 18.2 Å². The Morgan fingerprint density at radius 1 is 1.11 bits per heavy atom. The van der Waals surface area contributed by atoms with Crippen molar-refractivity contribution < 1.29 is 19.4 Å². The molecule has 0 spiro atoms. The molecule has 0 saturated carbocycles. The summed E-state index contributed by atoms with van der Waals surface area (Å²) in [5.41, 5.74) is 1.25. The van der Waals surface area contributed by atoms with E-state index in [1.165, 1.54) is 5.56 Å². The van der Waals surface area contributed by atoms with Gasteiger partial charge >= 0.3 is 5.97 Å². The SMILES string of the molecule is O=C(O)CCCCCCc1ccc2c(c1)OCO2. The highest BCUT2D eigenvalue weighted by Gasteiger charge is 2.12. The average Bonchev–Trinajstić information content (AvgIpc) is 2.80. The molecule has 4 nitrogen and oxygen atoms in total. The maximum Gasteiger partial charge on any atom is 0.303 e. The van der Waals surface area contributed by atoms with Crippen molar-refractivity contribution in [2.75, 3.05) is 6.79 Å². The fourth-order valence-corrected chi connectivity index (χ4v) is 2.06. The molecule has 1 N–H and O–H groups in total. The molecule has 1 aliphatic heterocycles. The highest BCUT2D eigenvalue weighted by atomic mass is 16.7. The quantitative estimate of drug-likeness (QED) is 0.756. The molecule has 18 heavy (non-hydrogen) atoms. The van der Waals surface area contributed by atoms with E-state index in [0.717, 1.165) is 43.6 Å². The van der Waals surface area contributed by atoms with Gasteiger partial charge in [-0.25, -0.2) is 0 Å². The molecule has 98 valence electrons. The third-order valence-electron chi connectivity index (χ3n) is 3.04. The molecular formula is C14H18O4. The summed E-state index contributed by atoms with van der Waals surface area (Å²) in [6.07, 6.45) is 5.20. The molecule has 0 unspecified atom stereocenters. The monoisotopic (exact) mass is 250 g/mol. The van der Waals surface area contributed by atoms with E-state index in [1.807, 2.05) is 12.1 Å². The number of aryl methyl sites for hydroxylation is 1. The van der Waals surface area contributed by atoms with Crippen LogP contribution in [0.5, 0.6) is 11.5 Å². The van der Waals surface area contributed by atoms with Crippen molar-refractivity contribution >= 4 is 5.97 Å². The van der Waals surface area contributed by atoms with Crippen molar-refractivity contribution in [3.63, 3.8) is 0 Å². The van der Waals surface area contributed by atoms with Gasteiger partial charge in [-0.15, -0.1) is 0 Å². The van der Waals surface area contributed by atoms with E-state index in [9.17, 15) is 4.79 Å². The van der Waals surface area contributed by atoms with Gasteiger partial charge in [-0.05, 0) is 37.0 Å². The van der Waals surface area contributed by atoms with Gasteiger partial charge < -0.3 is 14.6 Å². The van der Waals surface area contributed by atoms with Crippen LogP contribution in [-0.2, 0) is 11.2 Å². The zero-order chi connectivity index (χ0) is 12.8. The van der Waals surface area contributed by atoms with Gasteiger partial charge in [-0.2, -0.15) is 0 Å². The predicted molar refractivity (Wildman–Crippen MR) is 67.0 cm³/mol. The van der Waals surface area contributed by atoms with Crippen LogP contribution in [0, 0.1) is 0 Å². The second-order valence-corrected chi connectivity index (χ2v) is 4.50. The fraction of sp³-hybridized carbons (Fsp3) is 0.500. The molecule has 0 aromatic heterocycles. The van der Waals surface area contributed by atoms with Crippen molar-refractivity contribution in [3.05, 3.63) is 23.8 Å². The van der Waals surface area contributed by atoms with Gasteiger partial charge in [0.15, 0.2) is 11.5 Å². The molecule has 1 aromatic rings. The maximum absolute atomic E-state index is 10.3. The van der Waals surface area contributed by atoms with Gasteiger partial charge in [0.1, 0.15) is 0 Å². The number of hydrogen-bond donors (Lipinski definition) is 1. The lowest BCUT2D eigenvalue weighted by molar-refractivity contribution is -0.137. The van der Waals surface area contributed by atoms with E-state index in [0.29, 0.717) is 6.79 Å². The fourth-order valence-electron chi connectivity index (χ4n) is 2.06. The number of benzene rings is 1. The number of carbonyl (C=O) groups is 1. The maximum atomic E-state index is 10.3. The van der Waals surface area contributed by atoms with Crippen LogP contribution in [0.4, 0.5) is 0 Å². The topological polar surface area (TPSA) is 55.8 Å². The van der Waals surface area contributed by atoms with E-state index in [4.69, 9.17) is 14.6 Å². The summed E-state index contributed by atoms with van der Waals surface area (Å²) in [4.78, 5) is 10.3. The molecule has 1 heterocycles. The standard InChI is InChI=1S/C14H18O4/c15-14(16)6-4-2-1-3-5-11-7-8-12-13(9-11)18-10-17-12/h7-9H,1-6,10H2,(H,15,16). The first kappa shape index (κ1) is 12.7. The number of hydrogen-bond acceptors (Lipinski definition) is 3. The van der Waals surface area contributed by atoms with Crippen molar-refractivity contribution in [1.29, 1.82) is 0 Å². The minimum Gasteiger partial charge on any atom is -0.481 e. The third-order valence-corrected chi connectivity index (χ3v) is 3.04. The second-order valence-electron chi connectivity index (χ2n) is 4.50. The molecule has 1 aromatic carbocycles. The second kappa shape index (κ2) is 6.28. The van der Waals surface area contributed by atoms with Crippen LogP contribution in [0.1, 0.15) is 37.7 Å². The van der Waals surface area contributed by atoms with Gasteiger partial charge in [0.25, 0.3) is 0 Å². The minimum absolute atomic E-state index is 0.282. The van der Waals surface area contributed by atoms with Crippen molar-refractivity contribution in [2.24, 2.45) is 0 Å². The smallest absolute Gasteiger partial charge is 0.303 e. The van der Waals surface area contributed by atoms with Gasteiger partial charge in [0, 0.05) is 6.42 Å². The number of rotatable bonds is 7. The van der Waals surface area contributed by atoms with Crippen LogP contribution in [-0.4, -0.2) is 17.9 Å². The summed E-state index contributed by atoms with van der Waals surface area (Å²) in [5.74, 6) is 0.948. The Bertz CT molecular complexity index is 414. The van der Waals surface area contributed by atoms with Gasteiger partial charge in [0.05, 0.1) is 0 Å². The summed E-state index contributed by atoms with van der Waals surface area (Å²) in [6.45, 7) is 0.313. The van der Waals surface area contributed by atoms with E-state index < -0.39 is 5.97 Å². The lowest BCUT2D eigenvalue weighted by Crippen LogP contribution is -1.94. The van der Waals surface area contributed by atoms with Gasteiger partial charge in [0.2, 0.25) is 6.79 Å². The van der Waals surface area contributed by atoms with Crippen LogP contribution in [0.25, 0.3) is 0 Å². The molecule has 0 bridgehead atoms. The van der Waals surface area contributed by atoms with Crippen LogP contribution >= 0.6 is 0 Å². The first-order chi connectivity index (χ1) is 8.75. The minimum atomic E-state index is -0.703. The number of aliphatic carboxylic acids is 1. The van der Waals surface area contributed by atoms with Crippen LogP contribution in [0.3, 0.4) is 0 Å². The highest BCUT2D eigenvalue weighted by molar-refractivity contribution is 5.66. The van der Waals surface area contributed by atoms with Crippen molar-refractivity contribution in [1.82, 2.24) is 0 Å². The van der Waals surface area contributed by atoms with E-state index >= 15 is 0 Å². The van der Waals surface area contributed by atoms with E-state index in [2.05, 4.69) is 6.07 Å². The molecule has 0 atom stereocenters. The number of ether oxygens (including phenoxy) is 2. The predicted octanol–water partition coefficient (Wildman–Crippen LogP) is 2.99. The molecule has 0 radical (unpaired) electrons. The summed E-state index contributed by atoms with van der Waals surface area (Å²) < 4.78 is 10.6. The van der Waals surface area contributed by atoms with Crippen molar-refractivity contribution in [2.45, 2.75) is 38.5 Å². The molecule has 0 saturated heterocycles. The zero-order valence-electron chi connectivity index (χ0n) is 10.4. The lowest BCUT2D eigenvalue weighted by Gasteiger charge is -2.03. The van der Waals surface area contributed by atoms with E-state index in [-0.39, 0.29) is 6.42 Å². The average molecular weight is 250 g/mol. The summed E-state index contributed by atoms with van der Waals surface area (Å²) >= 11 is 0. The Morgan fingerprint density at radius 2 is 1.89 bits per heavy atom. The summed E-state index contributed by atoms with van der Waals surface area (Å²) in [6, 6.07) is 6.03.